The number of carbonyl (C=O) groups excluding carboxylic acids is 12. The van der Waals surface area contributed by atoms with E-state index in [1.165, 1.54) is 268 Å². The van der Waals surface area contributed by atoms with Crippen LogP contribution >= 0.6 is 70.6 Å². The number of hydrogen-bond acceptors (Lipinski definition) is 40. The lowest BCUT2D eigenvalue weighted by atomic mass is 10.1. The van der Waals surface area contributed by atoms with Crippen molar-refractivity contribution in [3.63, 3.8) is 0 Å². The van der Waals surface area contributed by atoms with Crippen molar-refractivity contribution in [2.45, 2.75) is 77.8 Å². The van der Waals surface area contributed by atoms with Gasteiger partial charge in [0.2, 0.25) is 0 Å². The van der Waals surface area contributed by atoms with Crippen LogP contribution in [0.15, 0.2) is 304 Å². The number of carbonyl (C=O) groups is 12. The number of anilines is 6. The lowest BCUT2D eigenvalue weighted by Crippen LogP contribution is -2.36. The fourth-order valence-electron chi connectivity index (χ4n) is 11.7. The number of nitrogens with one attached hydrogen (secondary N) is 2. The molecule has 0 bridgehead atoms. The van der Waals surface area contributed by atoms with E-state index in [9.17, 15) is 113 Å². The third-order valence-corrected chi connectivity index (χ3v) is 34.3. The molecule has 3 N–H and O–H groups in total. The van der Waals surface area contributed by atoms with Gasteiger partial charge in [0.1, 0.15) is 24.3 Å². The van der Waals surface area contributed by atoms with Crippen molar-refractivity contribution >= 4 is 230 Å². The number of nitrogens with zero attached hydrogens (tertiary/aromatic N) is 13. The van der Waals surface area contributed by atoms with E-state index in [0.717, 1.165) is 89.1 Å². The van der Waals surface area contributed by atoms with Gasteiger partial charge in [0.15, 0.2) is 65.4 Å². The van der Waals surface area contributed by atoms with Gasteiger partial charge in [-0.15, -0.1) is 0 Å². The molecule has 0 aliphatic carbocycles. The van der Waals surface area contributed by atoms with E-state index in [-0.39, 0.29) is 166 Å². The first kappa shape index (κ1) is 123. The molecular weight excluding hydrogens is 2160 g/mol. The van der Waals surface area contributed by atoms with Crippen LogP contribution in [0, 0.1) is 6.92 Å². The number of pyridine rings is 4. The molecule has 786 valence electrons. The highest BCUT2D eigenvalue weighted by molar-refractivity contribution is 8.15. The van der Waals surface area contributed by atoms with Crippen LogP contribution in [-0.2, 0) is 88.9 Å². The Kier molecular flexibility index (Phi) is 48.6. The van der Waals surface area contributed by atoms with E-state index in [0.29, 0.717) is 57.1 Å². The minimum Gasteiger partial charge on any atom is -0.394 e. The van der Waals surface area contributed by atoms with Gasteiger partial charge >= 0.3 is 0 Å². The van der Waals surface area contributed by atoms with Crippen molar-refractivity contribution in [2.24, 2.45) is 0 Å². The Morgan fingerprint density at radius 1 is 0.295 bits per heavy atom. The molecule has 149 heavy (non-hydrogen) atoms. The van der Waals surface area contributed by atoms with Crippen molar-refractivity contribution < 1.29 is 113 Å². The largest absolute Gasteiger partial charge is 0.394 e. The summed E-state index contributed by atoms with van der Waals surface area (Å²) in [6, 6.07) is 48.4. The fourth-order valence-corrected chi connectivity index (χ4v) is 22.0. The molecule has 0 saturated heterocycles. The van der Waals surface area contributed by atoms with Gasteiger partial charge in [-0.1, -0.05) is 156 Å². The SMILES string of the molecule is CC(=O)SCC(=O)c1ccc(S(=O)(=O)N(C)c2ccc(C)cn2)cc1.CC(=O)SCC(=O)c1ccc(S(=O)(=O)N(C)c2ccncc2)cc1.CC(=O)SCC(=O)c1ccc(S(=O)(=O)N(CCN(C)C)c2ccncc2)cc1.CC(=O)SCC(=O)c1ccc(S(=O)(=O)N(CCO)c2cncnc2)cc1.CC(=O)SCC(=O)c1ccc(S(=O)(=O)Nc2ccccn2)cc1.CC(=O)SCC(=O)c1ccc(S(=O)(=O)Nc2cncnc2)cc1. The lowest BCUT2D eigenvalue weighted by molar-refractivity contribution is -0.109. The molecular formula is C97H101N15O25S12. The quantitative estimate of drug-likeness (QED) is 0.0300. The van der Waals surface area contributed by atoms with E-state index < -0.39 is 60.1 Å². The van der Waals surface area contributed by atoms with Gasteiger partial charge in [-0.05, 0) is 142 Å². The summed E-state index contributed by atoms with van der Waals surface area (Å²) < 4.78 is 161. The number of thioether (sulfide) groups is 6. The van der Waals surface area contributed by atoms with Crippen LogP contribution in [0.1, 0.15) is 109 Å². The molecule has 0 radical (unpaired) electrons. The number of aliphatic hydroxyl groups excluding tert-OH is 1. The number of sulfonamides is 6. The molecule has 6 aromatic carbocycles. The van der Waals surface area contributed by atoms with E-state index in [1.54, 1.807) is 67.1 Å². The topological polar surface area (TPSA) is 573 Å². The number of Topliss-reactive ketones (excluding diaryl/α,β-unsaturated/α-hetero) is 6. The van der Waals surface area contributed by atoms with Crippen molar-refractivity contribution in [1.82, 2.24) is 44.8 Å². The Bertz CT molecular complexity index is 7240. The molecule has 12 rings (SSSR count). The molecule has 0 aliphatic rings. The van der Waals surface area contributed by atoms with Gasteiger partial charge in [-0.25, -0.2) is 80.4 Å². The van der Waals surface area contributed by atoms with Gasteiger partial charge < -0.3 is 10.0 Å². The summed E-state index contributed by atoms with van der Waals surface area (Å²) in [4.78, 5) is 170. The van der Waals surface area contributed by atoms with Crippen LogP contribution < -0.4 is 26.7 Å². The van der Waals surface area contributed by atoms with Crippen LogP contribution in [0.5, 0.6) is 0 Å². The monoisotopic (exact) mass is 2260 g/mol. The number of benzene rings is 6. The molecule has 0 amide bonds. The van der Waals surface area contributed by atoms with Crippen LogP contribution in [-0.4, -0.2) is 255 Å². The number of likely N-dealkylation sites (N-methyl/N-ethyl adjacent to an activating group) is 1. The van der Waals surface area contributed by atoms with E-state index in [4.69, 9.17) is 0 Å². The van der Waals surface area contributed by atoms with E-state index >= 15 is 0 Å². The molecule has 6 aromatic heterocycles. The summed E-state index contributed by atoms with van der Waals surface area (Å²) in [6.45, 7) is 10.5. The van der Waals surface area contributed by atoms with Gasteiger partial charge in [0.05, 0.1) is 125 Å². The first-order valence-electron chi connectivity index (χ1n) is 43.5. The molecule has 52 heteroatoms. The van der Waals surface area contributed by atoms with Gasteiger partial charge in [0, 0.05) is 139 Å². The summed E-state index contributed by atoms with van der Waals surface area (Å²) >= 11 is 5.51. The highest BCUT2D eigenvalue weighted by Gasteiger charge is 2.30. The van der Waals surface area contributed by atoms with Crippen molar-refractivity contribution in [3.05, 3.63) is 314 Å². The standard InChI is InChI=1S/C19H23N3O4S2.C17H18N2O4S2.C16H17N3O5S2.C16H16N2O4S2.C15H14N2O4S2.C14H13N3O4S2/c1-15(23)27-14-19(24)16-4-6-18(7-5-16)28(25,26)22(13-12-21(2)3)17-8-10-20-11-9-17;1-12-4-9-17(18-10-12)19(3)25(22,23)15-7-5-14(6-8-15)16(21)11-24-13(2)20;1-12(21)25-10-16(22)13-2-4-15(5-3-13)26(23,24)19(6-7-20)14-8-17-11-18-9-14;1-12(19)23-11-16(20)13-3-5-15(6-4-13)24(21,22)18(2)14-7-9-17-10-8-14;1-11(18)22-10-14(19)12-5-7-13(8-6-12)23(20,21)17-15-4-2-3-9-16-15;1-10(18)22-8-14(19)11-2-4-13(5-3-11)23(20,21)17-12-6-15-9-16-7-12/h4-11H,12-14H2,1-3H3;4-10H,11H2,1-3H3;2-5,8-9,11,20H,6-7,10H2,1H3;3-10H,11H2,1-2H3;2-9H,10H2,1H3,(H,16,17);2-7,9,17H,8H2,1H3. The average Bonchev–Trinajstić information content (AvgIpc) is 0.796. The van der Waals surface area contributed by atoms with Gasteiger partial charge in [0.25, 0.3) is 60.1 Å². The lowest BCUT2D eigenvalue weighted by Gasteiger charge is -2.26. The van der Waals surface area contributed by atoms with Gasteiger partial charge in [-0.3, -0.25) is 94.2 Å². The average molecular weight is 2260 g/mol. The Labute approximate surface area is 888 Å². The maximum Gasteiger partial charge on any atom is 0.265 e. The Morgan fingerprint density at radius 3 is 0.899 bits per heavy atom. The number of aryl methyl sites for hydroxylation is 1. The first-order chi connectivity index (χ1) is 70.4. The summed E-state index contributed by atoms with van der Waals surface area (Å²) in [6.07, 6.45) is 17.1. The zero-order valence-corrected chi connectivity index (χ0v) is 91.3. The predicted octanol–water partition coefficient (Wildman–Crippen LogP) is 12.6. The van der Waals surface area contributed by atoms with Gasteiger partial charge in [-0.2, -0.15) is 0 Å². The molecule has 6 heterocycles. The molecule has 0 unspecified atom stereocenters. The Morgan fingerprint density at radius 2 is 0.597 bits per heavy atom. The number of ketones is 6. The zero-order chi connectivity index (χ0) is 110. The van der Waals surface area contributed by atoms with Crippen LogP contribution in [0.4, 0.5) is 34.4 Å². The summed E-state index contributed by atoms with van der Waals surface area (Å²) in [5, 5.41) is 8.34. The van der Waals surface area contributed by atoms with Crippen molar-refractivity contribution in [2.75, 3.05) is 116 Å². The van der Waals surface area contributed by atoms with Crippen LogP contribution in [0.2, 0.25) is 0 Å². The smallest absolute Gasteiger partial charge is 0.265 e. The van der Waals surface area contributed by atoms with Crippen molar-refractivity contribution in [1.29, 1.82) is 0 Å². The third-order valence-electron chi connectivity index (χ3n) is 19.4. The number of aliphatic hydroxyl groups is 1. The molecule has 12 aromatic rings. The highest BCUT2D eigenvalue weighted by Crippen LogP contribution is 2.30. The minimum atomic E-state index is -3.96. The minimum absolute atomic E-state index is 0.000574. The van der Waals surface area contributed by atoms with Crippen LogP contribution in [0.25, 0.3) is 0 Å². The van der Waals surface area contributed by atoms with Crippen LogP contribution in [0.3, 0.4) is 0 Å². The first-order valence-corrected chi connectivity index (χ1v) is 58.1. The molecule has 0 spiro atoms. The molecule has 40 nitrogen and oxygen atoms in total. The predicted molar refractivity (Wildman–Crippen MR) is 577 cm³/mol. The summed E-state index contributed by atoms with van der Waals surface area (Å²) in [7, 11) is -16.2. The fraction of sp³-hybridized carbons (Fsp3) is 0.216. The second kappa shape index (κ2) is 59.1. The molecule has 0 aliphatic heterocycles. The molecule has 0 saturated carbocycles. The second-order valence-corrected chi connectivity index (χ2v) is 48.7. The number of rotatable bonds is 41. The zero-order valence-electron chi connectivity index (χ0n) is 81.5. The summed E-state index contributed by atoms with van der Waals surface area (Å²) in [5.41, 5.74) is 4.53. The molecule has 0 fully saturated rings. The van der Waals surface area contributed by atoms with E-state index in [1.807, 2.05) is 25.9 Å². The second-order valence-electron chi connectivity index (χ2n) is 30.7. The van der Waals surface area contributed by atoms with E-state index in [2.05, 4.69) is 49.3 Å². The highest BCUT2D eigenvalue weighted by atomic mass is 32.2. The van der Waals surface area contributed by atoms with Crippen molar-refractivity contribution in [3.8, 4) is 0 Å². The maximum atomic E-state index is 13.2. The number of hydrogen-bond donors (Lipinski definition) is 3. The normalized spacial score (nSPS) is 11.1. The maximum absolute atomic E-state index is 13.2. The Hall–Kier alpha value is -13.4. The molecule has 0 atom stereocenters. The Balaban J connectivity index is 0.000000242. The number of aromatic nitrogens is 8. The summed E-state index contributed by atoms with van der Waals surface area (Å²) in [5.74, 6) is -0.700. The third kappa shape index (κ3) is 39.6.